The molecule has 30 heavy (non-hydrogen) atoms. The molecule has 3 aromatic rings. The van der Waals surface area contributed by atoms with Crippen LogP contribution in [-0.2, 0) is 19.3 Å². The Morgan fingerprint density at radius 2 is 1.10 bits per heavy atom. The summed E-state index contributed by atoms with van der Waals surface area (Å²) in [4.78, 5) is 0. The fraction of sp³-hybridized carbons (Fsp3) is 0.357. The van der Waals surface area contributed by atoms with Gasteiger partial charge in [-0.15, -0.1) is 24.0 Å². The predicted octanol–water partition coefficient (Wildman–Crippen LogP) is 7.23. The molecule has 0 radical (unpaired) electrons. The Hall–Kier alpha value is -1.65. The first-order valence-corrected chi connectivity index (χ1v) is 11.1. The van der Waals surface area contributed by atoms with Crippen molar-refractivity contribution in [3.05, 3.63) is 108 Å². The van der Waals surface area contributed by atoms with E-state index in [4.69, 9.17) is 5.73 Å². The van der Waals surface area contributed by atoms with Gasteiger partial charge in [-0.2, -0.15) is 0 Å². The van der Waals surface area contributed by atoms with Crippen molar-refractivity contribution < 1.29 is 0 Å². The molecule has 2 N–H and O–H groups in total. The van der Waals surface area contributed by atoms with Crippen LogP contribution < -0.4 is 5.73 Å². The van der Waals surface area contributed by atoms with Gasteiger partial charge in [0.1, 0.15) is 0 Å². The summed E-state index contributed by atoms with van der Waals surface area (Å²) in [7, 11) is 0. The molecule has 0 aromatic heterocycles. The molecule has 2 heteroatoms. The molecule has 0 bridgehead atoms. The Balaban J connectivity index is 0.00000320. The molecule has 1 nitrogen and oxygen atoms in total. The minimum atomic E-state index is -0.272. The summed E-state index contributed by atoms with van der Waals surface area (Å²) >= 11 is 0. The van der Waals surface area contributed by atoms with Crippen LogP contribution in [0.1, 0.15) is 49.3 Å². The van der Waals surface area contributed by atoms with E-state index in [2.05, 4.69) is 97.9 Å². The molecule has 3 rings (SSSR count). The normalized spacial score (nSPS) is 12.2. The minimum Gasteiger partial charge on any atom is -0.324 e. The molecule has 0 aliphatic carbocycles. The summed E-state index contributed by atoms with van der Waals surface area (Å²) in [6.07, 6.45) is 7.81. The summed E-state index contributed by atoms with van der Waals surface area (Å²) in [5, 5.41) is 0. The molecule has 0 amide bonds. The summed E-state index contributed by atoms with van der Waals surface area (Å²) in [5.41, 5.74) is 11.1. The van der Waals surface area contributed by atoms with Gasteiger partial charge >= 0.3 is 0 Å². The maximum atomic E-state index is 7.34. The summed E-state index contributed by atoms with van der Waals surface area (Å²) in [6.45, 7) is 2.27. The van der Waals surface area contributed by atoms with Crippen LogP contribution in [0.5, 0.6) is 0 Å². The van der Waals surface area contributed by atoms with Gasteiger partial charge in [-0.3, -0.25) is 0 Å². The van der Waals surface area contributed by atoms with E-state index in [1.807, 2.05) is 0 Å². The Kier molecular flexibility index (Phi) is 10.6. The van der Waals surface area contributed by atoms with E-state index in [1.54, 1.807) is 0 Å². The Bertz CT molecular complexity index is 776. The second kappa shape index (κ2) is 12.9. The third kappa shape index (κ3) is 7.55. The highest BCUT2D eigenvalue weighted by Gasteiger charge is 2.35. The van der Waals surface area contributed by atoms with Gasteiger partial charge in [0.2, 0.25) is 0 Å². The molecular weight excluding hydrogens is 477 g/mol. The molecule has 0 saturated heterocycles. The third-order valence-electron chi connectivity index (χ3n) is 6.05. The number of hydrogen-bond donors (Lipinski definition) is 1. The smallest absolute Gasteiger partial charge is 0.0267 e. The van der Waals surface area contributed by atoms with Crippen LogP contribution in [0.15, 0.2) is 91.0 Å². The van der Waals surface area contributed by atoms with Crippen LogP contribution in [0.25, 0.3) is 0 Å². The van der Waals surface area contributed by atoms with Crippen LogP contribution >= 0.6 is 24.0 Å². The van der Waals surface area contributed by atoms with Crippen LogP contribution in [0.3, 0.4) is 0 Å². The molecule has 3 aromatic carbocycles. The van der Waals surface area contributed by atoms with E-state index in [0.29, 0.717) is 5.92 Å². The lowest BCUT2D eigenvalue weighted by Crippen LogP contribution is -2.52. The van der Waals surface area contributed by atoms with E-state index >= 15 is 0 Å². The first kappa shape index (κ1) is 24.6. The molecule has 0 spiro atoms. The average Bonchev–Trinajstić information content (AvgIpc) is 2.75. The quantitative estimate of drug-likeness (QED) is 0.213. The zero-order chi connectivity index (χ0) is 20.4. The molecule has 0 saturated carbocycles. The maximum Gasteiger partial charge on any atom is 0.0267 e. The second-order valence-electron chi connectivity index (χ2n) is 8.44. The van der Waals surface area contributed by atoms with E-state index in [9.17, 15) is 0 Å². The van der Waals surface area contributed by atoms with Gasteiger partial charge in [-0.1, -0.05) is 117 Å². The van der Waals surface area contributed by atoms with Crippen molar-refractivity contribution >= 4 is 24.0 Å². The number of nitrogens with two attached hydrogens (primary N) is 1. The van der Waals surface area contributed by atoms with Gasteiger partial charge in [0, 0.05) is 5.54 Å². The highest BCUT2D eigenvalue weighted by Crippen LogP contribution is 2.32. The first-order chi connectivity index (χ1) is 14.2. The molecule has 0 fully saturated rings. The van der Waals surface area contributed by atoms with Crippen molar-refractivity contribution in [2.45, 2.75) is 57.4 Å². The van der Waals surface area contributed by atoms with E-state index < -0.39 is 0 Å². The lowest BCUT2D eigenvalue weighted by molar-refractivity contribution is 0.241. The number of benzene rings is 3. The largest absolute Gasteiger partial charge is 0.324 e. The third-order valence-corrected chi connectivity index (χ3v) is 6.05. The maximum absolute atomic E-state index is 7.34. The van der Waals surface area contributed by atoms with E-state index in [-0.39, 0.29) is 29.5 Å². The number of hydrogen-bond acceptors (Lipinski definition) is 1. The topological polar surface area (TPSA) is 26.0 Å². The Morgan fingerprint density at radius 1 is 0.667 bits per heavy atom. The first-order valence-electron chi connectivity index (χ1n) is 11.1. The fourth-order valence-electron chi connectivity index (χ4n) is 4.44. The number of unbranched alkanes of at least 4 members (excludes halogenated alkanes) is 2. The van der Waals surface area contributed by atoms with Crippen molar-refractivity contribution in [3.8, 4) is 0 Å². The molecule has 0 heterocycles. The number of rotatable bonds is 11. The van der Waals surface area contributed by atoms with E-state index in [0.717, 1.165) is 19.3 Å². The predicted molar refractivity (Wildman–Crippen MR) is 140 cm³/mol. The monoisotopic (exact) mass is 513 g/mol. The zero-order valence-electron chi connectivity index (χ0n) is 18.2. The van der Waals surface area contributed by atoms with Crippen molar-refractivity contribution in [2.24, 2.45) is 11.7 Å². The lowest BCUT2D eigenvalue weighted by Gasteiger charge is -2.39. The fourth-order valence-corrected chi connectivity index (χ4v) is 4.44. The summed E-state index contributed by atoms with van der Waals surface area (Å²) < 4.78 is 0. The van der Waals surface area contributed by atoms with Gasteiger partial charge in [-0.05, 0) is 48.3 Å². The average molecular weight is 514 g/mol. The molecule has 1 atom stereocenters. The van der Waals surface area contributed by atoms with Crippen molar-refractivity contribution in [2.75, 3.05) is 0 Å². The molecule has 0 aliphatic rings. The Labute approximate surface area is 200 Å². The molecule has 1 unspecified atom stereocenters. The van der Waals surface area contributed by atoms with Gasteiger partial charge in [-0.25, -0.2) is 0 Å². The van der Waals surface area contributed by atoms with Crippen molar-refractivity contribution in [1.82, 2.24) is 0 Å². The molecule has 0 aliphatic heterocycles. The second-order valence-corrected chi connectivity index (χ2v) is 8.44. The van der Waals surface area contributed by atoms with Crippen molar-refractivity contribution in [1.29, 1.82) is 0 Å². The summed E-state index contributed by atoms with van der Waals surface area (Å²) in [6, 6.07) is 32.4. The number of halogens is 1. The van der Waals surface area contributed by atoms with Crippen LogP contribution in [0.4, 0.5) is 0 Å². The van der Waals surface area contributed by atoms with Crippen molar-refractivity contribution in [3.63, 3.8) is 0 Å². The minimum absolute atomic E-state index is 0. The van der Waals surface area contributed by atoms with E-state index in [1.165, 1.54) is 42.4 Å². The van der Waals surface area contributed by atoms with Gasteiger partial charge in [0.15, 0.2) is 0 Å². The van der Waals surface area contributed by atoms with Gasteiger partial charge in [0.25, 0.3) is 0 Å². The summed E-state index contributed by atoms with van der Waals surface area (Å²) in [5.74, 6) is 0.442. The van der Waals surface area contributed by atoms with Gasteiger partial charge < -0.3 is 5.73 Å². The molecular formula is C28H36IN. The highest BCUT2D eigenvalue weighted by atomic mass is 127. The zero-order valence-corrected chi connectivity index (χ0v) is 20.5. The van der Waals surface area contributed by atoms with Crippen LogP contribution in [-0.4, -0.2) is 5.54 Å². The highest BCUT2D eigenvalue weighted by molar-refractivity contribution is 14.0. The van der Waals surface area contributed by atoms with Crippen LogP contribution in [0, 0.1) is 5.92 Å². The molecule has 160 valence electrons. The van der Waals surface area contributed by atoms with Crippen LogP contribution in [0.2, 0.25) is 0 Å². The Morgan fingerprint density at radius 3 is 1.53 bits per heavy atom. The standard InChI is InChI=1S/C28H35N.HI/c1-2-3-7-20-27(21-24-14-8-4-9-15-24)28(29,22-25-16-10-5-11-17-25)23-26-18-12-6-13-19-26;/h4-6,8-19,27H,2-3,7,20-23,29H2,1H3;1H. The SMILES string of the molecule is CCCCCC(Cc1ccccc1)C(N)(Cc1ccccc1)Cc1ccccc1.I. The lowest BCUT2D eigenvalue weighted by atomic mass is 9.71. The van der Waals surface area contributed by atoms with Gasteiger partial charge in [0.05, 0.1) is 0 Å².